The van der Waals surface area contributed by atoms with Crippen LogP contribution in [0.5, 0.6) is 5.75 Å². The van der Waals surface area contributed by atoms with E-state index in [0.29, 0.717) is 5.56 Å². The highest BCUT2D eigenvalue weighted by Crippen LogP contribution is 2.12. The van der Waals surface area contributed by atoms with Gasteiger partial charge in [0.1, 0.15) is 5.75 Å². The van der Waals surface area contributed by atoms with Gasteiger partial charge in [0.2, 0.25) is 5.91 Å². The molecule has 0 bridgehead atoms. The first-order valence-electron chi connectivity index (χ1n) is 7.78. The van der Waals surface area contributed by atoms with Crippen molar-refractivity contribution in [2.75, 3.05) is 7.11 Å². The minimum absolute atomic E-state index is 0.00478. The lowest BCUT2D eigenvalue weighted by atomic mass is 10.1. The second-order valence-corrected chi connectivity index (χ2v) is 5.78. The number of rotatable bonds is 4. The lowest BCUT2D eigenvalue weighted by Gasteiger charge is -2.09. The van der Waals surface area contributed by atoms with Crippen molar-refractivity contribution in [2.45, 2.75) is 6.92 Å². The van der Waals surface area contributed by atoms with Crippen LogP contribution >= 0.6 is 12.2 Å². The van der Waals surface area contributed by atoms with Crippen LogP contribution in [0.25, 0.3) is 6.08 Å². The molecule has 0 aliphatic heterocycles. The van der Waals surface area contributed by atoms with Crippen LogP contribution in [0, 0.1) is 6.92 Å². The van der Waals surface area contributed by atoms with Crippen molar-refractivity contribution in [1.29, 1.82) is 0 Å². The van der Waals surface area contributed by atoms with Crippen molar-refractivity contribution in [2.24, 2.45) is 0 Å². The molecule has 0 saturated heterocycles. The van der Waals surface area contributed by atoms with E-state index in [2.05, 4.69) is 16.2 Å². The smallest absolute Gasteiger partial charge is 0.269 e. The third-order valence-electron chi connectivity index (χ3n) is 3.38. The predicted octanol–water partition coefficient (Wildman–Crippen LogP) is 2.35. The van der Waals surface area contributed by atoms with E-state index < -0.39 is 5.91 Å². The number of hydrogen-bond acceptors (Lipinski definition) is 4. The van der Waals surface area contributed by atoms with E-state index in [4.69, 9.17) is 17.0 Å². The van der Waals surface area contributed by atoms with E-state index in [1.54, 1.807) is 37.5 Å². The summed E-state index contributed by atoms with van der Waals surface area (Å²) >= 11 is 4.97. The van der Waals surface area contributed by atoms with E-state index >= 15 is 0 Å². The second-order valence-electron chi connectivity index (χ2n) is 5.37. The van der Waals surface area contributed by atoms with Gasteiger partial charge < -0.3 is 4.74 Å². The molecular weight excluding hydrogens is 350 g/mol. The summed E-state index contributed by atoms with van der Waals surface area (Å²) in [6, 6.07) is 14.3. The van der Waals surface area contributed by atoms with Gasteiger partial charge in [-0.15, -0.1) is 0 Å². The maximum absolute atomic E-state index is 11.9. The number of aryl methyl sites for hydroxylation is 1. The zero-order chi connectivity index (χ0) is 18.9. The first-order valence-corrected chi connectivity index (χ1v) is 8.19. The van der Waals surface area contributed by atoms with Crippen LogP contribution in [-0.4, -0.2) is 24.0 Å². The topological polar surface area (TPSA) is 79.5 Å². The Morgan fingerprint density at radius 3 is 2.27 bits per heavy atom. The van der Waals surface area contributed by atoms with E-state index in [1.165, 1.54) is 6.08 Å². The van der Waals surface area contributed by atoms with Crippen molar-refractivity contribution in [3.8, 4) is 5.75 Å². The molecular formula is C19H19N3O3S. The highest BCUT2D eigenvalue weighted by molar-refractivity contribution is 7.80. The van der Waals surface area contributed by atoms with Gasteiger partial charge in [0, 0.05) is 11.6 Å². The summed E-state index contributed by atoms with van der Waals surface area (Å²) in [5.41, 5.74) is 7.30. The molecule has 0 spiro atoms. The molecule has 0 fully saturated rings. The fourth-order valence-electron chi connectivity index (χ4n) is 1.96. The summed E-state index contributed by atoms with van der Waals surface area (Å²) in [6.45, 7) is 1.93. The fourth-order valence-corrected chi connectivity index (χ4v) is 2.11. The molecule has 2 aromatic carbocycles. The Hall–Kier alpha value is -3.19. The number of hydrogen-bond donors (Lipinski definition) is 3. The molecule has 0 aliphatic carbocycles. The molecule has 7 heteroatoms. The van der Waals surface area contributed by atoms with Gasteiger partial charge in [-0.2, -0.15) is 0 Å². The SMILES string of the molecule is COc1ccc(C=CC(=O)NC(=S)NNC(=O)c2ccc(C)cc2)cc1. The highest BCUT2D eigenvalue weighted by Gasteiger charge is 2.06. The number of benzene rings is 2. The molecule has 0 heterocycles. The number of thiocarbonyl (C=S) groups is 1. The quantitative estimate of drug-likeness (QED) is 0.438. The van der Waals surface area contributed by atoms with Crippen molar-refractivity contribution < 1.29 is 14.3 Å². The zero-order valence-corrected chi connectivity index (χ0v) is 15.2. The van der Waals surface area contributed by atoms with Gasteiger partial charge in [0.05, 0.1) is 7.11 Å². The maximum Gasteiger partial charge on any atom is 0.269 e. The number of hydrazine groups is 1. The van der Waals surface area contributed by atoms with E-state index in [-0.39, 0.29) is 11.0 Å². The Bertz CT molecular complexity index is 815. The molecule has 0 atom stereocenters. The number of nitrogens with one attached hydrogen (secondary N) is 3. The van der Waals surface area contributed by atoms with Gasteiger partial charge in [-0.1, -0.05) is 29.8 Å². The lowest BCUT2D eigenvalue weighted by Crippen LogP contribution is -2.48. The molecule has 134 valence electrons. The molecule has 2 aromatic rings. The minimum Gasteiger partial charge on any atom is -0.497 e. The van der Waals surface area contributed by atoms with Crippen molar-refractivity contribution in [3.05, 3.63) is 71.3 Å². The molecule has 0 aromatic heterocycles. The average molecular weight is 369 g/mol. The molecule has 0 radical (unpaired) electrons. The first kappa shape index (κ1) is 19.1. The molecule has 26 heavy (non-hydrogen) atoms. The van der Waals surface area contributed by atoms with Crippen LogP contribution in [0.4, 0.5) is 0 Å². The minimum atomic E-state index is -0.414. The molecule has 2 rings (SSSR count). The maximum atomic E-state index is 11.9. The van der Waals surface area contributed by atoms with Gasteiger partial charge in [0.25, 0.3) is 5.91 Å². The number of carbonyl (C=O) groups is 2. The first-order chi connectivity index (χ1) is 12.5. The monoisotopic (exact) mass is 369 g/mol. The normalized spacial score (nSPS) is 10.2. The Morgan fingerprint density at radius 1 is 1.00 bits per heavy atom. The van der Waals surface area contributed by atoms with E-state index in [1.807, 2.05) is 31.2 Å². The second kappa shape index (κ2) is 9.33. The van der Waals surface area contributed by atoms with Crippen LogP contribution in [0.15, 0.2) is 54.6 Å². The van der Waals surface area contributed by atoms with Crippen molar-refractivity contribution in [1.82, 2.24) is 16.2 Å². The van der Waals surface area contributed by atoms with Gasteiger partial charge in [-0.3, -0.25) is 25.8 Å². The zero-order valence-electron chi connectivity index (χ0n) is 14.4. The largest absolute Gasteiger partial charge is 0.497 e. The molecule has 0 saturated carbocycles. The fraction of sp³-hybridized carbons (Fsp3) is 0.105. The van der Waals surface area contributed by atoms with E-state index in [0.717, 1.165) is 16.9 Å². The highest BCUT2D eigenvalue weighted by atomic mass is 32.1. The summed E-state index contributed by atoms with van der Waals surface area (Å²) in [4.78, 5) is 23.8. The van der Waals surface area contributed by atoms with Crippen LogP contribution in [0.3, 0.4) is 0 Å². The third-order valence-corrected chi connectivity index (χ3v) is 3.59. The van der Waals surface area contributed by atoms with Crippen LogP contribution < -0.4 is 20.9 Å². The molecule has 6 nitrogen and oxygen atoms in total. The van der Waals surface area contributed by atoms with Gasteiger partial charge >= 0.3 is 0 Å². The summed E-state index contributed by atoms with van der Waals surface area (Å²) in [5.74, 6) is -0.0282. The number of carbonyl (C=O) groups excluding carboxylic acids is 2. The molecule has 0 aliphatic rings. The number of amides is 2. The molecule has 3 N–H and O–H groups in total. The van der Waals surface area contributed by atoms with Crippen LogP contribution in [0.1, 0.15) is 21.5 Å². The Kier molecular flexibility index (Phi) is 6.87. The van der Waals surface area contributed by atoms with Gasteiger partial charge in [0.15, 0.2) is 5.11 Å². The van der Waals surface area contributed by atoms with Crippen LogP contribution in [-0.2, 0) is 4.79 Å². The van der Waals surface area contributed by atoms with Gasteiger partial charge in [-0.05, 0) is 55.0 Å². The predicted molar refractivity (Wildman–Crippen MR) is 105 cm³/mol. The standard InChI is InChI=1S/C19H19N3O3S/c1-13-3-8-15(9-4-13)18(24)21-22-19(26)20-17(23)12-7-14-5-10-16(25-2)11-6-14/h3-12H,1-2H3,(H,21,24)(H2,20,22,23,26). The van der Waals surface area contributed by atoms with Gasteiger partial charge in [-0.25, -0.2) is 0 Å². The summed E-state index contributed by atoms with van der Waals surface area (Å²) in [6.07, 6.45) is 2.99. The summed E-state index contributed by atoms with van der Waals surface area (Å²) in [5, 5.41) is 2.44. The number of ether oxygens (including phenoxy) is 1. The summed E-state index contributed by atoms with van der Waals surface area (Å²) < 4.78 is 5.07. The molecule has 0 unspecified atom stereocenters. The van der Waals surface area contributed by atoms with Crippen molar-refractivity contribution in [3.63, 3.8) is 0 Å². The van der Waals surface area contributed by atoms with E-state index in [9.17, 15) is 9.59 Å². The lowest BCUT2D eigenvalue weighted by molar-refractivity contribution is -0.115. The average Bonchev–Trinajstić information content (AvgIpc) is 2.65. The van der Waals surface area contributed by atoms with Crippen molar-refractivity contribution >= 4 is 35.2 Å². The van der Waals surface area contributed by atoms with Crippen LogP contribution in [0.2, 0.25) is 0 Å². The molecule has 2 amide bonds. The third kappa shape index (κ3) is 6.03. The summed E-state index contributed by atoms with van der Waals surface area (Å²) in [7, 11) is 1.59. The number of methoxy groups -OCH3 is 1. The Morgan fingerprint density at radius 2 is 1.65 bits per heavy atom. The Labute approximate surface area is 157 Å². The Balaban J connectivity index is 1.79.